The van der Waals surface area contributed by atoms with Gasteiger partial charge in [0, 0.05) is 6.54 Å². The van der Waals surface area contributed by atoms with E-state index in [0.29, 0.717) is 5.92 Å². The molecule has 0 aromatic carbocycles. The van der Waals surface area contributed by atoms with E-state index in [9.17, 15) is 5.11 Å². The molecule has 0 aliphatic heterocycles. The first-order valence-corrected chi connectivity index (χ1v) is 6.56. The van der Waals surface area contributed by atoms with Crippen LogP contribution in [0.5, 0.6) is 0 Å². The monoisotopic (exact) mass is 230 g/mol. The molecule has 0 bridgehead atoms. The van der Waals surface area contributed by atoms with Crippen molar-refractivity contribution < 1.29 is 5.11 Å². The van der Waals surface area contributed by atoms with E-state index in [1.807, 2.05) is 0 Å². The van der Waals surface area contributed by atoms with Gasteiger partial charge in [-0.3, -0.25) is 0 Å². The van der Waals surface area contributed by atoms with Gasteiger partial charge in [0.1, 0.15) is 0 Å². The SMILES string of the molecule is CCC(C)C(O)CN(CC)CCCN(C)C. The summed E-state index contributed by atoms with van der Waals surface area (Å²) < 4.78 is 0. The first-order chi connectivity index (χ1) is 7.51. The zero-order valence-corrected chi connectivity index (χ0v) is 11.7. The molecule has 2 atom stereocenters. The number of likely N-dealkylation sites (N-methyl/N-ethyl adjacent to an activating group) is 1. The molecule has 0 saturated carbocycles. The summed E-state index contributed by atoms with van der Waals surface area (Å²) in [6.45, 7) is 10.5. The predicted octanol–water partition coefficient (Wildman–Crippen LogP) is 1.67. The van der Waals surface area contributed by atoms with E-state index >= 15 is 0 Å². The van der Waals surface area contributed by atoms with Gasteiger partial charge in [-0.25, -0.2) is 0 Å². The minimum Gasteiger partial charge on any atom is -0.392 e. The van der Waals surface area contributed by atoms with Crippen LogP contribution in [-0.2, 0) is 0 Å². The number of nitrogens with zero attached hydrogens (tertiary/aromatic N) is 2. The first kappa shape index (κ1) is 15.9. The smallest absolute Gasteiger partial charge is 0.0692 e. The van der Waals surface area contributed by atoms with Crippen LogP contribution in [-0.4, -0.2) is 61.3 Å². The lowest BCUT2D eigenvalue weighted by Gasteiger charge is -2.26. The molecule has 0 aromatic heterocycles. The molecule has 3 heteroatoms. The average molecular weight is 230 g/mol. The summed E-state index contributed by atoms with van der Waals surface area (Å²) in [5.74, 6) is 0.405. The lowest BCUT2D eigenvalue weighted by Crippen LogP contribution is -2.37. The third kappa shape index (κ3) is 7.20. The summed E-state index contributed by atoms with van der Waals surface area (Å²) in [5.41, 5.74) is 0. The van der Waals surface area contributed by atoms with Crippen molar-refractivity contribution in [1.29, 1.82) is 0 Å². The van der Waals surface area contributed by atoms with E-state index in [-0.39, 0.29) is 6.10 Å². The van der Waals surface area contributed by atoms with Crippen LogP contribution in [0.1, 0.15) is 33.6 Å². The summed E-state index contributed by atoms with van der Waals surface area (Å²) in [7, 11) is 4.20. The maximum absolute atomic E-state index is 9.98. The van der Waals surface area contributed by atoms with Crippen molar-refractivity contribution in [3.63, 3.8) is 0 Å². The van der Waals surface area contributed by atoms with Crippen LogP contribution in [0.3, 0.4) is 0 Å². The van der Waals surface area contributed by atoms with Crippen molar-refractivity contribution >= 4 is 0 Å². The van der Waals surface area contributed by atoms with Crippen molar-refractivity contribution in [1.82, 2.24) is 9.80 Å². The molecule has 98 valence electrons. The largest absolute Gasteiger partial charge is 0.392 e. The Balaban J connectivity index is 3.81. The van der Waals surface area contributed by atoms with Crippen molar-refractivity contribution in [2.75, 3.05) is 40.3 Å². The lowest BCUT2D eigenvalue weighted by atomic mass is 10.0. The number of aliphatic hydroxyl groups is 1. The Kier molecular flexibility index (Phi) is 8.90. The van der Waals surface area contributed by atoms with E-state index in [2.05, 4.69) is 44.7 Å². The lowest BCUT2D eigenvalue weighted by molar-refractivity contribution is 0.0692. The molecule has 16 heavy (non-hydrogen) atoms. The molecule has 0 aromatic rings. The molecule has 0 spiro atoms. The van der Waals surface area contributed by atoms with E-state index in [1.165, 1.54) is 6.42 Å². The van der Waals surface area contributed by atoms with Crippen molar-refractivity contribution in [2.45, 2.75) is 39.7 Å². The minimum atomic E-state index is -0.177. The fourth-order valence-electron chi connectivity index (χ4n) is 1.71. The van der Waals surface area contributed by atoms with Gasteiger partial charge in [-0.15, -0.1) is 0 Å². The molecule has 0 heterocycles. The highest BCUT2D eigenvalue weighted by Gasteiger charge is 2.15. The van der Waals surface area contributed by atoms with Crippen molar-refractivity contribution in [3.8, 4) is 0 Å². The van der Waals surface area contributed by atoms with Gasteiger partial charge in [0.25, 0.3) is 0 Å². The third-order valence-corrected chi connectivity index (χ3v) is 3.27. The Bertz CT molecular complexity index is 162. The van der Waals surface area contributed by atoms with Gasteiger partial charge in [0.05, 0.1) is 6.10 Å². The highest BCUT2D eigenvalue weighted by atomic mass is 16.3. The van der Waals surface area contributed by atoms with Gasteiger partial charge >= 0.3 is 0 Å². The predicted molar refractivity (Wildman–Crippen MR) is 70.7 cm³/mol. The Hall–Kier alpha value is -0.120. The fraction of sp³-hybridized carbons (Fsp3) is 1.00. The molecule has 0 aliphatic carbocycles. The first-order valence-electron chi connectivity index (χ1n) is 6.56. The fourth-order valence-corrected chi connectivity index (χ4v) is 1.71. The van der Waals surface area contributed by atoms with Gasteiger partial charge in [-0.2, -0.15) is 0 Å². The highest BCUT2D eigenvalue weighted by Crippen LogP contribution is 2.09. The Morgan fingerprint density at radius 3 is 2.19 bits per heavy atom. The van der Waals surface area contributed by atoms with Crippen LogP contribution in [0.4, 0.5) is 0 Å². The summed E-state index contributed by atoms with van der Waals surface area (Å²) in [6.07, 6.45) is 2.05. The van der Waals surface area contributed by atoms with Gasteiger partial charge in [0.15, 0.2) is 0 Å². The second kappa shape index (κ2) is 8.97. The third-order valence-electron chi connectivity index (χ3n) is 3.27. The number of hydrogen-bond acceptors (Lipinski definition) is 3. The van der Waals surface area contributed by atoms with Crippen molar-refractivity contribution in [2.24, 2.45) is 5.92 Å². The summed E-state index contributed by atoms with van der Waals surface area (Å²) >= 11 is 0. The molecule has 0 rings (SSSR count). The zero-order chi connectivity index (χ0) is 12.6. The quantitative estimate of drug-likeness (QED) is 0.653. The van der Waals surface area contributed by atoms with E-state index < -0.39 is 0 Å². The van der Waals surface area contributed by atoms with Gasteiger partial charge in [-0.05, 0) is 46.1 Å². The van der Waals surface area contributed by atoms with E-state index in [0.717, 1.165) is 32.6 Å². The second-order valence-corrected chi connectivity index (χ2v) is 5.00. The molecular formula is C13H30N2O. The van der Waals surface area contributed by atoms with Gasteiger partial charge in [0.2, 0.25) is 0 Å². The zero-order valence-electron chi connectivity index (χ0n) is 11.7. The van der Waals surface area contributed by atoms with Gasteiger partial charge < -0.3 is 14.9 Å². The Morgan fingerprint density at radius 2 is 1.75 bits per heavy atom. The maximum atomic E-state index is 9.98. The Morgan fingerprint density at radius 1 is 1.12 bits per heavy atom. The topological polar surface area (TPSA) is 26.7 Å². The van der Waals surface area contributed by atoms with Crippen molar-refractivity contribution in [3.05, 3.63) is 0 Å². The van der Waals surface area contributed by atoms with E-state index in [1.54, 1.807) is 0 Å². The molecular weight excluding hydrogens is 200 g/mol. The molecule has 3 nitrogen and oxygen atoms in total. The normalized spacial score (nSPS) is 15.8. The molecule has 0 aliphatic rings. The summed E-state index contributed by atoms with van der Waals surface area (Å²) in [5, 5.41) is 9.98. The standard InChI is InChI=1S/C13H30N2O/c1-6-12(3)13(16)11-15(7-2)10-8-9-14(4)5/h12-13,16H,6-11H2,1-5H3. The minimum absolute atomic E-state index is 0.177. The van der Waals surface area contributed by atoms with Crippen LogP contribution in [0, 0.1) is 5.92 Å². The van der Waals surface area contributed by atoms with E-state index in [4.69, 9.17) is 0 Å². The van der Waals surface area contributed by atoms with Crippen LogP contribution in [0.2, 0.25) is 0 Å². The number of hydrogen-bond donors (Lipinski definition) is 1. The number of rotatable bonds is 9. The summed E-state index contributed by atoms with van der Waals surface area (Å²) in [6, 6.07) is 0. The molecule has 0 fully saturated rings. The Labute approximate surface area is 101 Å². The highest BCUT2D eigenvalue weighted by molar-refractivity contribution is 4.68. The molecule has 1 N–H and O–H groups in total. The average Bonchev–Trinajstić information content (AvgIpc) is 2.25. The molecule has 0 saturated heterocycles. The van der Waals surface area contributed by atoms with Crippen LogP contribution in [0.25, 0.3) is 0 Å². The van der Waals surface area contributed by atoms with Gasteiger partial charge in [-0.1, -0.05) is 27.2 Å². The molecule has 0 radical (unpaired) electrons. The number of aliphatic hydroxyl groups excluding tert-OH is 1. The van der Waals surface area contributed by atoms with Crippen LogP contribution >= 0.6 is 0 Å². The van der Waals surface area contributed by atoms with Crippen LogP contribution < -0.4 is 0 Å². The second-order valence-electron chi connectivity index (χ2n) is 5.00. The maximum Gasteiger partial charge on any atom is 0.0692 e. The van der Waals surface area contributed by atoms with Crippen LogP contribution in [0.15, 0.2) is 0 Å². The molecule has 2 unspecified atom stereocenters. The molecule has 0 amide bonds. The summed E-state index contributed by atoms with van der Waals surface area (Å²) in [4.78, 5) is 4.55.